The summed E-state index contributed by atoms with van der Waals surface area (Å²) in [5.74, 6) is 0.828. The van der Waals surface area contributed by atoms with Gasteiger partial charge in [-0.05, 0) is 18.9 Å². The van der Waals surface area contributed by atoms with Gasteiger partial charge in [0.05, 0.1) is 6.20 Å². The molecule has 0 radical (unpaired) electrons. The summed E-state index contributed by atoms with van der Waals surface area (Å²) in [5, 5.41) is 7.89. The summed E-state index contributed by atoms with van der Waals surface area (Å²) < 4.78 is 1.90. The molecule has 0 saturated carbocycles. The molecule has 1 rings (SSSR count). The number of hydrogen-bond acceptors (Lipinski definition) is 2. The van der Waals surface area contributed by atoms with Crippen LogP contribution < -0.4 is 5.32 Å². The van der Waals surface area contributed by atoms with Gasteiger partial charge in [0.25, 0.3) is 0 Å². The van der Waals surface area contributed by atoms with Crippen molar-refractivity contribution in [3.63, 3.8) is 0 Å². The zero-order chi connectivity index (χ0) is 13.4. The zero-order valence-electron chi connectivity index (χ0n) is 12.4. The Labute approximate surface area is 112 Å². The fourth-order valence-electron chi connectivity index (χ4n) is 2.52. The fraction of sp³-hybridized carbons (Fsp3) is 0.800. The monoisotopic (exact) mass is 251 g/mol. The Balaban J connectivity index is 2.60. The van der Waals surface area contributed by atoms with E-state index in [1.165, 1.54) is 37.7 Å². The molecule has 0 fully saturated rings. The van der Waals surface area contributed by atoms with Crippen LogP contribution in [-0.2, 0) is 7.05 Å². The number of nitrogens with one attached hydrogen (secondary N) is 1. The number of aromatic nitrogens is 2. The summed E-state index contributed by atoms with van der Waals surface area (Å²) in [4.78, 5) is 0. The first kappa shape index (κ1) is 15.2. The molecule has 1 aromatic heterocycles. The highest BCUT2D eigenvalue weighted by molar-refractivity contribution is 5.10. The third-order valence-corrected chi connectivity index (χ3v) is 3.69. The van der Waals surface area contributed by atoms with Gasteiger partial charge in [-0.3, -0.25) is 4.68 Å². The summed E-state index contributed by atoms with van der Waals surface area (Å²) in [6.45, 7) is 7.78. The highest BCUT2D eigenvalue weighted by Gasteiger charge is 2.17. The van der Waals surface area contributed by atoms with Crippen molar-refractivity contribution in [1.29, 1.82) is 0 Å². The van der Waals surface area contributed by atoms with Crippen molar-refractivity contribution in [1.82, 2.24) is 15.1 Å². The molecule has 0 saturated heterocycles. The molecule has 0 spiro atoms. The SMILES string of the molecule is CCCCC(CC)CC(NCC)c1cnn(C)c1. The molecule has 3 heteroatoms. The van der Waals surface area contributed by atoms with Gasteiger partial charge in [0.15, 0.2) is 0 Å². The molecule has 0 aliphatic carbocycles. The van der Waals surface area contributed by atoms with Gasteiger partial charge in [0.1, 0.15) is 0 Å². The van der Waals surface area contributed by atoms with Crippen LogP contribution in [0.3, 0.4) is 0 Å². The number of aryl methyl sites for hydroxylation is 1. The predicted octanol–water partition coefficient (Wildman–Crippen LogP) is 3.68. The Morgan fingerprint density at radius 3 is 2.61 bits per heavy atom. The Morgan fingerprint density at radius 1 is 1.33 bits per heavy atom. The molecule has 18 heavy (non-hydrogen) atoms. The molecule has 1 N–H and O–H groups in total. The largest absolute Gasteiger partial charge is 0.310 e. The minimum Gasteiger partial charge on any atom is -0.310 e. The van der Waals surface area contributed by atoms with Gasteiger partial charge in [-0.15, -0.1) is 0 Å². The van der Waals surface area contributed by atoms with E-state index in [2.05, 4.69) is 37.4 Å². The highest BCUT2D eigenvalue weighted by Crippen LogP contribution is 2.26. The van der Waals surface area contributed by atoms with E-state index in [1.807, 2.05) is 17.9 Å². The van der Waals surface area contributed by atoms with Crippen LogP contribution in [0.4, 0.5) is 0 Å². The molecule has 0 bridgehead atoms. The maximum Gasteiger partial charge on any atom is 0.0537 e. The molecule has 2 unspecified atom stereocenters. The zero-order valence-corrected chi connectivity index (χ0v) is 12.4. The number of nitrogens with zero attached hydrogens (tertiary/aromatic N) is 2. The lowest BCUT2D eigenvalue weighted by Crippen LogP contribution is -2.23. The summed E-state index contributed by atoms with van der Waals surface area (Å²) >= 11 is 0. The van der Waals surface area contributed by atoms with E-state index in [4.69, 9.17) is 0 Å². The summed E-state index contributed by atoms with van der Waals surface area (Å²) in [7, 11) is 1.99. The van der Waals surface area contributed by atoms with E-state index in [-0.39, 0.29) is 0 Å². The first-order valence-corrected chi connectivity index (χ1v) is 7.43. The van der Waals surface area contributed by atoms with Gasteiger partial charge >= 0.3 is 0 Å². The molecule has 0 aromatic carbocycles. The van der Waals surface area contributed by atoms with Crippen molar-refractivity contribution in [2.75, 3.05) is 6.54 Å². The smallest absolute Gasteiger partial charge is 0.0537 e. The van der Waals surface area contributed by atoms with Gasteiger partial charge in [-0.25, -0.2) is 0 Å². The van der Waals surface area contributed by atoms with Crippen LogP contribution >= 0.6 is 0 Å². The summed E-state index contributed by atoms with van der Waals surface area (Å²) in [6.07, 6.45) is 10.7. The summed E-state index contributed by atoms with van der Waals surface area (Å²) in [6, 6.07) is 0.463. The average Bonchev–Trinajstić information content (AvgIpc) is 2.80. The van der Waals surface area contributed by atoms with Crippen LogP contribution in [-0.4, -0.2) is 16.3 Å². The lowest BCUT2D eigenvalue weighted by molar-refractivity contribution is 0.357. The molecule has 2 atom stereocenters. The van der Waals surface area contributed by atoms with Crippen molar-refractivity contribution in [3.05, 3.63) is 18.0 Å². The molecule has 0 aliphatic rings. The van der Waals surface area contributed by atoms with E-state index < -0.39 is 0 Å². The summed E-state index contributed by atoms with van der Waals surface area (Å²) in [5.41, 5.74) is 1.33. The normalized spacial score (nSPS) is 14.7. The number of rotatable bonds is 9. The maximum atomic E-state index is 4.29. The lowest BCUT2D eigenvalue weighted by Gasteiger charge is -2.22. The van der Waals surface area contributed by atoms with Crippen LogP contribution in [0.25, 0.3) is 0 Å². The van der Waals surface area contributed by atoms with Gasteiger partial charge in [-0.1, -0.05) is 46.5 Å². The quantitative estimate of drug-likeness (QED) is 0.725. The van der Waals surface area contributed by atoms with E-state index in [1.54, 1.807) is 0 Å². The predicted molar refractivity (Wildman–Crippen MR) is 77.5 cm³/mol. The van der Waals surface area contributed by atoms with Crippen LogP contribution in [0.5, 0.6) is 0 Å². The second-order valence-corrected chi connectivity index (χ2v) is 5.21. The van der Waals surface area contributed by atoms with Crippen LogP contribution in [0.2, 0.25) is 0 Å². The molecule has 1 heterocycles. The molecule has 0 aliphatic heterocycles. The second kappa shape index (κ2) is 8.30. The molecule has 104 valence electrons. The highest BCUT2D eigenvalue weighted by atomic mass is 15.2. The van der Waals surface area contributed by atoms with Gasteiger partial charge in [-0.2, -0.15) is 5.10 Å². The average molecular weight is 251 g/mol. The topological polar surface area (TPSA) is 29.9 Å². The van der Waals surface area contributed by atoms with Crippen molar-refractivity contribution in [3.8, 4) is 0 Å². The van der Waals surface area contributed by atoms with Crippen LogP contribution in [0.15, 0.2) is 12.4 Å². The standard InChI is InChI=1S/C15H29N3/c1-5-8-9-13(6-2)10-15(16-7-3)14-11-17-18(4)12-14/h11-13,15-16H,5-10H2,1-4H3. The van der Waals surface area contributed by atoms with Gasteiger partial charge < -0.3 is 5.32 Å². The van der Waals surface area contributed by atoms with Crippen molar-refractivity contribution < 1.29 is 0 Å². The van der Waals surface area contributed by atoms with E-state index in [9.17, 15) is 0 Å². The van der Waals surface area contributed by atoms with Crippen molar-refractivity contribution in [2.24, 2.45) is 13.0 Å². The first-order chi connectivity index (χ1) is 8.71. The molecule has 3 nitrogen and oxygen atoms in total. The van der Waals surface area contributed by atoms with Crippen molar-refractivity contribution in [2.45, 2.75) is 58.9 Å². The van der Waals surface area contributed by atoms with E-state index in [0.717, 1.165) is 12.5 Å². The van der Waals surface area contributed by atoms with Crippen LogP contribution in [0, 0.1) is 5.92 Å². The lowest BCUT2D eigenvalue weighted by atomic mass is 9.90. The number of hydrogen-bond donors (Lipinski definition) is 1. The second-order valence-electron chi connectivity index (χ2n) is 5.21. The molecular formula is C15H29N3. The molecule has 1 aromatic rings. The van der Waals surface area contributed by atoms with E-state index in [0.29, 0.717) is 6.04 Å². The van der Waals surface area contributed by atoms with Crippen molar-refractivity contribution >= 4 is 0 Å². The van der Waals surface area contributed by atoms with Gasteiger partial charge in [0, 0.05) is 24.8 Å². The Kier molecular flexibility index (Phi) is 7.02. The Hall–Kier alpha value is -0.830. The van der Waals surface area contributed by atoms with Crippen LogP contribution in [0.1, 0.15) is 64.5 Å². The minimum atomic E-state index is 0.463. The molecule has 0 amide bonds. The fourth-order valence-corrected chi connectivity index (χ4v) is 2.52. The Bertz CT molecular complexity index is 319. The van der Waals surface area contributed by atoms with Gasteiger partial charge in [0.2, 0.25) is 0 Å². The Morgan fingerprint density at radius 2 is 2.11 bits per heavy atom. The number of unbranched alkanes of at least 4 members (excludes halogenated alkanes) is 1. The first-order valence-electron chi connectivity index (χ1n) is 7.43. The minimum absolute atomic E-state index is 0.463. The maximum absolute atomic E-state index is 4.29. The van der Waals surface area contributed by atoms with E-state index >= 15 is 0 Å². The third-order valence-electron chi connectivity index (χ3n) is 3.69. The molecular weight excluding hydrogens is 222 g/mol. The third kappa shape index (κ3) is 4.81.